The Balaban J connectivity index is 2.04. The van der Waals surface area contributed by atoms with E-state index in [4.69, 9.17) is 4.74 Å². The minimum atomic E-state index is -0.174. The third-order valence-corrected chi connectivity index (χ3v) is 3.77. The molecule has 1 amide bonds. The topological polar surface area (TPSA) is 41.6 Å². The van der Waals surface area contributed by atoms with Crippen LogP contribution in [0.1, 0.15) is 29.0 Å². The molecule has 2 aromatic rings. The van der Waals surface area contributed by atoms with Crippen LogP contribution < -0.4 is 10.1 Å². The summed E-state index contributed by atoms with van der Waals surface area (Å²) in [6.45, 7) is 2.63. The second kappa shape index (κ2) is 5.48. The van der Waals surface area contributed by atoms with E-state index >= 15 is 0 Å². The zero-order chi connectivity index (χ0) is 14.8. The van der Waals surface area contributed by atoms with Crippen molar-refractivity contribution in [2.75, 3.05) is 19.0 Å². The molecular weight excluding hydrogens is 264 g/mol. The Morgan fingerprint density at radius 2 is 2.00 bits per heavy atom. The molecule has 2 aromatic carbocycles. The standard InChI is InChI=1S/C17H18N2O2/c1-3-19-16(12-7-6-8-13(11-12)21-2)18-15-10-5-4-9-14(15)17(19)20/h4-11,16,18H,3H2,1-2H3. The third-order valence-electron chi connectivity index (χ3n) is 3.77. The van der Waals surface area contributed by atoms with Gasteiger partial charge in [-0.25, -0.2) is 0 Å². The summed E-state index contributed by atoms with van der Waals surface area (Å²) in [4.78, 5) is 14.5. The second-order valence-electron chi connectivity index (χ2n) is 4.96. The highest BCUT2D eigenvalue weighted by molar-refractivity contribution is 6.01. The van der Waals surface area contributed by atoms with Crippen molar-refractivity contribution in [1.82, 2.24) is 4.90 Å². The van der Waals surface area contributed by atoms with E-state index in [2.05, 4.69) is 5.32 Å². The van der Waals surface area contributed by atoms with Crippen molar-refractivity contribution in [3.8, 4) is 5.75 Å². The third kappa shape index (κ3) is 2.33. The van der Waals surface area contributed by atoms with E-state index in [1.165, 1.54) is 0 Å². The maximum absolute atomic E-state index is 12.6. The molecule has 0 fully saturated rings. The van der Waals surface area contributed by atoms with Crippen molar-refractivity contribution in [2.24, 2.45) is 0 Å². The average Bonchev–Trinajstić information content (AvgIpc) is 2.55. The summed E-state index contributed by atoms with van der Waals surface area (Å²) >= 11 is 0. The van der Waals surface area contributed by atoms with Crippen molar-refractivity contribution < 1.29 is 9.53 Å². The molecule has 4 heteroatoms. The number of carbonyl (C=O) groups excluding carboxylic acids is 1. The number of benzene rings is 2. The van der Waals surface area contributed by atoms with Gasteiger partial charge in [0.05, 0.1) is 12.7 Å². The molecule has 0 saturated carbocycles. The summed E-state index contributed by atoms with van der Waals surface area (Å²) in [7, 11) is 1.64. The molecule has 108 valence electrons. The molecule has 0 saturated heterocycles. The van der Waals surface area contributed by atoms with Crippen molar-refractivity contribution in [2.45, 2.75) is 13.1 Å². The van der Waals surface area contributed by atoms with Crippen LogP contribution in [0.2, 0.25) is 0 Å². The molecule has 21 heavy (non-hydrogen) atoms. The van der Waals surface area contributed by atoms with Gasteiger partial charge < -0.3 is 15.0 Å². The number of nitrogens with zero attached hydrogens (tertiary/aromatic N) is 1. The van der Waals surface area contributed by atoms with Crippen molar-refractivity contribution in [3.05, 3.63) is 59.7 Å². The Morgan fingerprint density at radius 1 is 1.19 bits per heavy atom. The van der Waals surface area contributed by atoms with Gasteiger partial charge in [0.15, 0.2) is 0 Å². The Labute approximate surface area is 124 Å². The molecule has 3 rings (SSSR count). The molecule has 0 bridgehead atoms. The van der Waals surface area contributed by atoms with Gasteiger partial charge in [-0.1, -0.05) is 24.3 Å². The van der Waals surface area contributed by atoms with E-state index < -0.39 is 0 Å². The van der Waals surface area contributed by atoms with Crippen LogP contribution in [-0.4, -0.2) is 24.5 Å². The predicted octanol–water partition coefficient (Wildman–Crippen LogP) is 3.28. The molecule has 1 aliphatic heterocycles. The lowest BCUT2D eigenvalue weighted by Crippen LogP contribution is -2.42. The van der Waals surface area contributed by atoms with Gasteiger partial charge in [0.1, 0.15) is 11.9 Å². The molecular formula is C17H18N2O2. The van der Waals surface area contributed by atoms with E-state index in [-0.39, 0.29) is 12.1 Å². The Morgan fingerprint density at radius 3 is 2.76 bits per heavy atom. The Bertz CT molecular complexity index is 669. The molecule has 1 atom stereocenters. The number of hydrogen-bond acceptors (Lipinski definition) is 3. The summed E-state index contributed by atoms with van der Waals surface area (Å²) in [5.41, 5.74) is 2.61. The van der Waals surface area contributed by atoms with E-state index in [0.717, 1.165) is 22.6 Å². The first-order chi connectivity index (χ1) is 10.2. The Kier molecular flexibility index (Phi) is 3.52. The van der Waals surface area contributed by atoms with Crippen LogP contribution in [0, 0.1) is 0 Å². The Hall–Kier alpha value is -2.49. The fourth-order valence-corrected chi connectivity index (χ4v) is 2.69. The van der Waals surface area contributed by atoms with E-state index in [1.807, 2.05) is 60.4 Å². The quantitative estimate of drug-likeness (QED) is 0.939. The first-order valence-corrected chi connectivity index (χ1v) is 7.05. The van der Waals surface area contributed by atoms with Crippen LogP contribution in [0.25, 0.3) is 0 Å². The molecule has 1 aliphatic rings. The SMILES string of the molecule is CCN1C(=O)c2ccccc2NC1c1cccc(OC)c1. The zero-order valence-corrected chi connectivity index (χ0v) is 12.2. The van der Waals surface area contributed by atoms with Gasteiger partial charge in [-0.15, -0.1) is 0 Å². The minimum Gasteiger partial charge on any atom is -0.497 e. The summed E-state index contributed by atoms with van der Waals surface area (Å²) in [6, 6.07) is 15.4. The van der Waals surface area contributed by atoms with Gasteiger partial charge >= 0.3 is 0 Å². The first-order valence-electron chi connectivity index (χ1n) is 7.05. The highest BCUT2D eigenvalue weighted by Crippen LogP contribution is 2.33. The van der Waals surface area contributed by atoms with Crippen LogP contribution in [0.15, 0.2) is 48.5 Å². The highest BCUT2D eigenvalue weighted by atomic mass is 16.5. The number of methoxy groups -OCH3 is 1. The molecule has 0 aliphatic carbocycles. The number of amides is 1. The zero-order valence-electron chi connectivity index (χ0n) is 12.2. The number of para-hydroxylation sites is 1. The fourth-order valence-electron chi connectivity index (χ4n) is 2.69. The molecule has 1 N–H and O–H groups in total. The molecule has 0 spiro atoms. The molecule has 4 nitrogen and oxygen atoms in total. The van der Waals surface area contributed by atoms with Crippen molar-refractivity contribution in [3.63, 3.8) is 0 Å². The highest BCUT2D eigenvalue weighted by Gasteiger charge is 2.31. The summed E-state index contributed by atoms with van der Waals surface area (Å²) < 4.78 is 5.28. The molecule has 1 unspecified atom stereocenters. The van der Waals surface area contributed by atoms with Gasteiger partial charge in [-0.2, -0.15) is 0 Å². The van der Waals surface area contributed by atoms with Crippen LogP contribution >= 0.6 is 0 Å². The van der Waals surface area contributed by atoms with Gasteiger partial charge in [0.25, 0.3) is 5.91 Å². The number of ether oxygens (including phenoxy) is 1. The van der Waals surface area contributed by atoms with E-state index in [0.29, 0.717) is 6.54 Å². The average molecular weight is 282 g/mol. The molecule has 0 aromatic heterocycles. The second-order valence-corrected chi connectivity index (χ2v) is 4.96. The van der Waals surface area contributed by atoms with Gasteiger partial charge in [-0.3, -0.25) is 4.79 Å². The van der Waals surface area contributed by atoms with Crippen LogP contribution in [0.3, 0.4) is 0 Å². The van der Waals surface area contributed by atoms with Crippen LogP contribution in [0.5, 0.6) is 5.75 Å². The first kappa shape index (κ1) is 13.5. The lowest BCUT2D eigenvalue weighted by Gasteiger charge is -2.37. The van der Waals surface area contributed by atoms with Crippen LogP contribution in [0.4, 0.5) is 5.69 Å². The lowest BCUT2D eigenvalue weighted by atomic mass is 10.0. The summed E-state index contributed by atoms with van der Waals surface area (Å²) in [5, 5.41) is 3.45. The number of carbonyl (C=O) groups is 1. The minimum absolute atomic E-state index is 0.0552. The fraction of sp³-hybridized carbons (Fsp3) is 0.235. The van der Waals surface area contributed by atoms with E-state index in [9.17, 15) is 4.79 Å². The summed E-state index contributed by atoms with van der Waals surface area (Å²) in [6.07, 6.45) is -0.174. The molecule has 0 radical (unpaired) electrons. The largest absolute Gasteiger partial charge is 0.497 e. The van der Waals surface area contributed by atoms with Crippen LogP contribution in [-0.2, 0) is 0 Å². The number of nitrogens with one attached hydrogen (secondary N) is 1. The van der Waals surface area contributed by atoms with Gasteiger partial charge in [-0.05, 0) is 36.8 Å². The predicted molar refractivity (Wildman–Crippen MR) is 82.5 cm³/mol. The van der Waals surface area contributed by atoms with Crippen molar-refractivity contribution >= 4 is 11.6 Å². The van der Waals surface area contributed by atoms with Crippen molar-refractivity contribution in [1.29, 1.82) is 0 Å². The number of hydrogen-bond donors (Lipinski definition) is 1. The maximum atomic E-state index is 12.6. The normalized spacial score (nSPS) is 17.1. The smallest absolute Gasteiger partial charge is 0.257 e. The van der Waals surface area contributed by atoms with Gasteiger partial charge in [0, 0.05) is 12.2 Å². The number of fused-ring (bicyclic) bond motifs is 1. The van der Waals surface area contributed by atoms with E-state index in [1.54, 1.807) is 7.11 Å². The number of rotatable bonds is 3. The summed E-state index contributed by atoms with van der Waals surface area (Å²) in [5.74, 6) is 0.844. The number of anilines is 1. The molecule has 1 heterocycles. The lowest BCUT2D eigenvalue weighted by molar-refractivity contribution is 0.0694. The maximum Gasteiger partial charge on any atom is 0.257 e. The van der Waals surface area contributed by atoms with Gasteiger partial charge in [0.2, 0.25) is 0 Å². The monoisotopic (exact) mass is 282 g/mol.